The van der Waals surface area contributed by atoms with Crippen LogP contribution in [-0.2, 0) is 26.2 Å². The van der Waals surface area contributed by atoms with E-state index in [0.29, 0.717) is 6.42 Å². The van der Waals surface area contributed by atoms with Crippen LogP contribution in [0.15, 0.2) is 24.3 Å². The zero-order valence-corrected chi connectivity index (χ0v) is 11.7. The maximum atomic E-state index is 12.9. The maximum Gasteiger partial charge on any atom is 0.343 e. The molecule has 2 saturated heterocycles. The van der Waals surface area contributed by atoms with Gasteiger partial charge in [0.2, 0.25) is 11.8 Å². The second kappa shape index (κ2) is 4.16. The lowest BCUT2D eigenvalue weighted by Crippen LogP contribution is -2.50. The number of hydrazine groups is 1. The summed E-state index contributed by atoms with van der Waals surface area (Å²) in [5.41, 5.74) is 1.04. The van der Waals surface area contributed by atoms with Crippen LogP contribution in [0.5, 0.6) is 0 Å². The van der Waals surface area contributed by atoms with E-state index in [1.165, 1.54) is 0 Å². The smallest absolute Gasteiger partial charge is 0.275 e. The van der Waals surface area contributed by atoms with Crippen molar-refractivity contribution in [3.05, 3.63) is 35.4 Å². The van der Waals surface area contributed by atoms with Crippen LogP contribution >= 0.6 is 0 Å². The van der Waals surface area contributed by atoms with Crippen molar-refractivity contribution in [2.24, 2.45) is 0 Å². The van der Waals surface area contributed by atoms with Crippen LogP contribution in [0, 0.1) is 0 Å². The number of hydrogen-bond acceptors (Lipinski definition) is 4. The van der Waals surface area contributed by atoms with Crippen LogP contribution in [0.4, 0.5) is 4.79 Å². The molecule has 1 aromatic carbocycles. The molecule has 7 heteroatoms. The number of rotatable bonds is 1. The highest BCUT2D eigenvalue weighted by Gasteiger charge is 2.58. The van der Waals surface area contributed by atoms with E-state index >= 15 is 0 Å². The Morgan fingerprint density at radius 3 is 2.59 bits per heavy atom. The topological polar surface area (TPSA) is 86.8 Å². The van der Waals surface area contributed by atoms with Gasteiger partial charge in [-0.25, -0.2) is 9.80 Å². The second-order valence-electron chi connectivity index (χ2n) is 5.84. The van der Waals surface area contributed by atoms with Crippen molar-refractivity contribution in [1.82, 2.24) is 15.3 Å². The minimum absolute atomic E-state index is 0.0425. The maximum absolute atomic E-state index is 12.9. The summed E-state index contributed by atoms with van der Waals surface area (Å²) in [6.45, 7) is -0.298. The second-order valence-corrected chi connectivity index (χ2v) is 5.84. The number of nitrogens with zero attached hydrogens (tertiary/aromatic N) is 2. The summed E-state index contributed by atoms with van der Waals surface area (Å²) in [4.78, 5) is 48.4. The molecule has 1 unspecified atom stereocenters. The third kappa shape index (κ3) is 1.50. The molecule has 2 fully saturated rings. The van der Waals surface area contributed by atoms with Gasteiger partial charge >= 0.3 is 6.03 Å². The number of urea groups is 1. The standard InChI is InChI=1S/C15H13N3O4/c19-11-8-17(14(22)16-11)18-12(20)7-15(13(18)21)6-5-9-3-1-2-4-10(9)15/h1-4H,5-8H2,(H,16,19,22). The zero-order valence-electron chi connectivity index (χ0n) is 11.7. The Kier molecular flexibility index (Phi) is 2.46. The molecule has 112 valence electrons. The van der Waals surface area contributed by atoms with E-state index in [0.717, 1.165) is 27.6 Å². The Morgan fingerprint density at radius 2 is 1.86 bits per heavy atom. The summed E-state index contributed by atoms with van der Waals surface area (Å²) in [5, 5.41) is 3.84. The number of carbonyl (C=O) groups excluding carboxylic acids is 4. The molecular formula is C15H13N3O4. The van der Waals surface area contributed by atoms with E-state index in [2.05, 4.69) is 5.32 Å². The molecule has 1 aliphatic carbocycles. The van der Waals surface area contributed by atoms with Crippen LogP contribution in [-0.4, -0.2) is 40.3 Å². The summed E-state index contributed by atoms with van der Waals surface area (Å²) in [7, 11) is 0. The zero-order chi connectivity index (χ0) is 15.5. The monoisotopic (exact) mass is 299 g/mol. The van der Waals surface area contributed by atoms with Gasteiger partial charge in [0.25, 0.3) is 5.91 Å². The Hall–Kier alpha value is -2.70. The lowest BCUT2D eigenvalue weighted by atomic mass is 9.80. The highest BCUT2D eigenvalue weighted by molar-refractivity contribution is 6.12. The van der Waals surface area contributed by atoms with E-state index in [9.17, 15) is 19.2 Å². The molecule has 3 aliphatic rings. The Labute approximate surface area is 125 Å². The van der Waals surface area contributed by atoms with Crippen molar-refractivity contribution in [2.45, 2.75) is 24.7 Å². The average molecular weight is 299 g/mol. The van der Waals surface area contributed by atoms with Crippen molar-refractivity contribution >= 4 is 23.8 Å². The number of aryl methyl sites for hydroxylation is 1. The Balaban J connectivity index is 1.75. The summed E-state index contributed by atoms with van der Waals surface area (Å²) in [6, 6.07) is 6.85. The van der Waals surface area contributed by atoms with Gasteiger partial charge in [-0.1, -0.05) is 24.3 Å². The van der Waals surface area contributed by atoms with Crippen LogP contribution in [0.1, 0.15) is 24.0 Å². The highest BCUT2D eigenvalue weighted by atomic mass is 16.2. The Morgan fingerprint density at radius 1 is 1.09 bits per heavy atom. The molecule has 0 aromatic heterocycles. The summed E-state index contributed by atoms with van der Waals surface area (Å²) < 4.78 is 0. The average Bonchev–Trinajstić information content (AvgIpc) is 3.09. The van der Waals surface area contributed by atoms with Crippen molar-refractivity contribution in [1.29, 1.82) is 0 Å². The molecule has 2 aliphatic heterocycles. The lowest BCUT2D eigenvalue weighted by molar-refractivity contribution is -0.153. The molecule has 0 bridgehead atoms. The fourth-order valence-electron chi connectivity index (χ4n) is 3.66. The number of benzene rings is 1. The van der Waals surface area contributed by atoms with Gasteiger partial charge in [-0.05, 0) is 24.0 Å². The molecule has 22 heavy (non-hydrogen) atoms. The Bertz CT molecular complexity index is 744. The van der Waals surface area contributed by atoms with Gasteiger partial charge in [-0.3, -0.25) is 19.7 Å². The number of nitrogens with one attached hydrogen (secondary N) is 1. The van der Waals surface area contributed by atoms with Gasteiger partial charge < -0.3 is 0 Å². The van der Waals surface area contributed by atoms with Crippen molar-refractivity contribution in [2.75, 3.05) is 6.54 Å². The minimum atomic E-state index is -0.889. The molecule has 2 heterocycles. The fourth-order valence-corrected chi connectivity index (χ4v) is 3.66. The lowest BCUT2D eigenvalue weighted by Gasteiger charge is -2.27. The first-order valence-corrected chi connectivity index (χ1v) is 7.10. The van der Waals surface area contributed by atoms with E-state index in [4.69, 9.17) is 0 Å². The number of fused-ring (bicyclic) bond motifs is 2. The molecular weight excluding hydrogens is 286 g/mol. The summed E-state index contributed by atoms with van der Waals surface area (Å²) >= 11 is 0. The van der Waals surface area contributed by atoms with E-state index in [-0.39, 0.29) is 13.0 Å². The number of amides is 5. The third-order valence-corrected chi connectivity index (χ3v) is 4.66. The SMILES string of the molecule is O=C1CN(N2C(=O)CC3(CCc4ccccc43)C2=O)C(=O)N1. The fraction of sp³-hybridized carbons (Fsp3) is 0.333. The molecule has 1 N–H and O–H groups in total. The normalized spacial score (nSPS) is 27.1. The molecule has 1 atom stereocenters. The van der Waals surface area contributed by atoms with Gasteiger partial charge in [-0.2, -0.15) is 5.01 Å². The van der Waals surface area contributed by atoms with Crippen molar-refractivity contribution in [3.63, 3.8) is 0 Å². The van der Waals surface area contributed by atoms with Gasteiger partial charge in [0.1, 0.15) is 6.54 Å². The van der Waals surface area contributed by atoms with E-state index < -0.39 is 29.2 Å². The number of imide groups is 2. The van der Waals surface area contributed by atoms with Gasteiger partial charge in [-0.15, -0.1) is 0 Å². The van der Waals surface area contributed by atoms with Crippen molar-refractivity contribution in [3.8, 4) is 0 Å². The first-order chi connectivity index (χ1) is 10.5. The van der Waals surface area contributed by atoms with E-state index in [1.54, 1.807) is 0 Å². The summed E-state index contributed by atoms with van der Waals surface area (Å²) in [5.74, 6) is -1.36. The predicted molar refractivity (Wildman–Crippen MR) is 73.2 cm³/mol. The highest BCUT2D eigenvalue weighted by Crippen LogP contribution is 2.47. The van der Waals surface area contributed by atoms with Crippen LogP contribution in [0.3, 0.4) is 0 Å². The molecule has 4 rings (SSSR count). The minimum Gasteiger partial charge on any atom is -0.275 e. The molecule has 1 aromatic rings. The molecule has 0 saturated carbocycles. The van der Waals surface area contributed by atoms with E-state index in [1.807, 2.05) is 24.3 Å². The first-order valence-electron chi connectivity index (χ1n) is 7.10. The van der Waals surface area contributed by atoms with Crippen LogP contribution in [0.25, 0.3) is 0 Å². The molecule has 1 spiro atoms. The molecule has 7 nitrogen and oxygen atoms in total. The van der Waals surface area contributed by atoms with Crippen LogP contribution in [0.2, 0.25) is 0 Å². The van der Waals surface area contributed by atoms with Crippen molar-refractivity contribution < 1.29 is 19.2 Å². The molecule has 0 radical (unpaired) electrons. The largest absolute Gasteiger partial charge is 0.343 e. The van der Waals surface area contributed by atoms with Gasteiger partial charge in [0.05, 0.1) is 5.41 Å². The predicted octanol–water partition coefficient (Wildman–Crippen LogP) is 0.0963. The van der Waals surface area contributed by atoms with Gasteiger partial charge in [0.15, 0.2) is 0 Å². The number of carbonyl (C=O) groups is 4. The quantitative estimate of drug-likeness (QED) is 0.588. The van der Waals surface area contributed by atoms with Crippen LogP contribution < -0.4 is 5.32 Å². The number of hydrogen-bond donors (Lipinski definition) is 1. The first kappa shape index (κ1) is 13.0. The van der Waals surface area contributed by atoms with Gasteiger partial charge in [0, 0.05) is 6.42 Å². The third-order valence-electron chi connectivity index (χ3n) is 4.66. The molecule has 5 amide bonds. The summed E-state index contributed by atoms with van der Waals surface area (Å²) in [6.07, 6.45) is 1.33.